The average Bonchev–Trinajstić information content (AvgIpc) is 2.62. The predicted molar refractivity (Wildman–Crippen MR) is 107 cm³/mol. The Morgan fingerprint density at radius 3 is 2.30 bits per heavy atom. The highest BCUT2D eigenvalue weighted by molar-refractivity contribution is 7.92. The minimum absolute atomic E-state index is 0.350. The highest BCUT2D eigenvalue weighted by Gasteiger charge is 2.29. The third-order valence-corrected chi connectivity index (χ3v) is 5.17. The number of nitrogens with zero attached hydrogens (tertiary/aromatic N) is 2. The van der Waals surface area contributed by atoms with E-state index in [1.165, 1.54) is 20.2 Å². The number of benzene rings is 2. The molecule has 0 aliphatic carbocycles. The van der Waals surface area contributed by atoms with Gasteiger partial charge in [0.15, 0.2) is 0 Å². The van der Waals surface area contributed by atoms with E-state index in [0.717, 1.165) is 16.1 Å². The van der Waals surface area contributed by atoms with Gasteiger partial charge in [0, 0.05) is 5.02 Å². The van der Waals surface area contributed by atoms with Crippen LogP contribution in [0.2, 0.25) is 5.02 Å². The van der Waals surface area contributed by atoms with Crippen molar-refractivity contribution in [2.75, 3.05) is 17.7 Å². The number of nitrogens with one attached hydrogen (secondary N) is 1. The zero-order chi connectivity index (χ0) is 20.0. The number of hydrogen-bond acceptors (Lipinski definition) is 5. The molecule has 2 rings (SSSR count). The van der Waals surface area contributed by atoms with E-state index in [2.05, 4.69) is 10.5 Å². The Labute approximate surface area is 163 Å². The van der Waals surface area contributed by atoms with E-state index in [4.69, 9.17) is 16.3 Å². The molecule has 1 N–H and O–H groups in total. The molecule has 1 atom stereocenters. The highest BCUT2D eigenvalue weighted by Crippen LogP contribution is 2.23. The van der Waals surface area contributed by atoms with Gasteiger partial charge in [-0.15, -0.1) is 0 Å². The molecule has 0 aliphatic heterocycles. The van der Waals surface area contributed by atoms with E-state index in [0.29, 0.717) is 16.5 Å². The molecule has 0 saturated heterocycles. The molecule has 0 fully saturated rings. The molecule has 1 amide bonds. The van der Waals surface area contributed by atoms with Crippen molar-refractivity contribution in [1.82, 2.24) is 5.43 Å². The van der Waals surface area contributed by atoms with Crippen molar-refractivity contribution in [2.45, 2.75) is 13.0 Å². The van der Waals surface area contributed by atoms with Crippen LogP contribution in [0.1, 0.15) is 12.5 Å². The Balaban J connectivity index is 2.15. The molecule has 0 bridgehead atoms. The molecule has 9 heteroatoms. The lowest BCUT2D eigenvalue weighted by atomic mass is 10.2. The predicted octanol–water partition coefficient (Wildman–Crippen LogP) is 2.65. The zero-order valence-corrected chi connectivity index (χ0v) is 16.7. The van der Waals surface area contributed by atoms with Crippen LogP contribution in [0.15, 0.2) is 53.6 Å². The zero-order valence-electron chi connectivity index (χ0n) is 15.1. The second kappa shape index (κ2) is 8.88. The van der Waals surface area contributed by atoms with Gasteiger partial charge in [-0.1, -0.05) is 23.7 Å². The maximum Gasteiger partial charge on any atom is 0.263 e. The Morgan fingerprint density at radius 2 is 1.78 bits per heavy atom. The minimum atomic E-state index is -3.70. The van der Waals surface area contributed by atoms with Crippen molar-refractivity contribution in [2.24, 2.45) is 5.10 Å². The maximum atomic E-state index is 12.4. The third kappa shape index (κ3) is 5.70. The van der Waals surface area contributed by atoms with Gasteiger partial charge in [0.05, 0.1) is 25.3 Å². The first-order valence-electron chi connectivity index (χ1n) is 7.94. The molecule has 7 nitrogen and oxygen atoms in total. The number of rotatable bonds is 7. The Kier molecular flexibility index (Phi) is 6.81. The summed E-state index contributed by atoms with van der Waals surface area (Å²) in [6.07, 6.45) is 2.48. The van der Waals surface area contributed by atoms with Gasteiger partial charge in [0.25, 0.3) is 5.91 Å². The van der Waals surface area contributed by atoms with Gasteiger partial charge in [-0.05, 0) is 48.9 Å². The van der Waals surface area contributed by atoms with Crippen molar-refractivity contribution in [3.63, 3.8) is 0 Å². The topological polar surface area (TPSA) is 88.1 Å². The molecular weight excluding hydrogens is 390 g/mol. The third-order valence-electron chi connectivity index (χ3n) is 3.67. The summed E-state index contributed by atoms with van der Waals surface area (Å²) >= 11 is 5.81. The lowest BCUT2D eigenvalue weighted by Crippen LogP contribution is -2.46. The number of ether oxygens (including phenoxy) is 1. The first-order valence-corrected chi connectivity index (χ1v) is 10.2. The molecular formula is C18H20ClN3O4S. The fourth-order valence-corrected chi connectivity index (χ4v) is 3.65. The number of halogens is 1. The minimum Gasteiger partial charge on any atom is -0.497 e. The largest absolute Gasteiger partial charge is 0.497 e. The average molecular weight is 410 g/mol. The number of anilines is 1. The number of carbonyl (C=O) groups is 1. The second-order valence-corrected chi connectivity index (χ2v) is 8.01. The Morgan fingerprint density at radius 1 is 1.19 bits per heavy atom. The van der Waals surface area contributed by atoms with Crippen LogP contribution < -0.4 is 14.5 Å². The van der Waals surface area contributed by atoms with Gasteiger partial charge in [-0.2, -0.15) is 5.10 Å². The lowest BCUT2D eigenvalue weighted by Gasteiger charge is -2.27. The smallest absolute Gasteiger partial charge is 0.263 e. The molecule has 0 saturated carbocycles. The maximum absolute atomic E-state index is 12.4. The van der Waals surface area contributed by atoms with E-state index < -0.39 is 22.0 Å². The fraction of sp³-hybridized carbons (Fsp3) is 0.222. The summed E-state index contributed by atoms with van der Waals surface area (Å²) in [5, 5.41) is 4.46. The van der Waals surface area contributed by atoms with Crippen LogP contribution in [0.25, 0.3) is 0 Å². The van der Waals surface area contributed by atoms with Crippen molar-refractivity contribution in [3.8, 4) is 5.75 Å². The number of sulfonamides is 1. The van der Waals surface area contributed by atoms with Crippen LogP contribution in [0.3, 0.4) is 0 Å². The van der Waals surface area contributed by atoms with Gasteiger partial charge in [0.1, 0.15) is 11.8 Å². The standard InChI is InChI=1S/C18H20ClN3O4S/c1-13(18(23)21-20-12-14-4-6-15(19)7-5-14)22(27(3,24)25)16-8-10-17(26-2)11-9-16/h4-13H,1-3H3,(H,21,23)/b20-12-/t13-/m0/s1. The molecule has 0 spiro atoms. The summed E-state index contributed by atoms with van der Waals surface area (Å²) in [5.41, 5.74) is 3.45. The van der Waals surface area contributed by atoms with Crippen molar-refractivity contribution < 1.29 is 17.9 Å². The van der Waals surface area contributed by atoms with Crippen molar-refractivity contribution >= 4 is 39.4 Å². The van der Waals surface area contributed by atoms with E-state index in [1.54, 1.807) is 48.5 Å². The molecule has 2 aromatic carbocycles. The summed E-state index contributed by atoms with van der Waals surface area (Å²) in [4.78, 5) is 12.4. The summed E-state index contributed by atoms with van der Waals surface area (Å²) in [6, 6.07) is 12.2. The van der Waals surface area contributed by atoms with Crippen LogP contribution in [-0.4, -0.2) is 39.9 Å². The van der Waals surface area contributed by atoms with Gasteiger partial charge in [-0.25, -0.2) is 13.8 Å². The first kappa shape index (κ1) is 20.7. The number of amides is 1. The summed E-state index contributed by atoms with van der Waals surface area (Å²) in [5.74, 6) is 0.0123. The molecule has 0 heterocycles. The summed E-state index contributed by atoms with van der Waals surface area (Å²) in [7, 11) is -2.19. The SMILES string of the molecule is COc1ccc(N([C@@H](C)C(=O)N/N=C\c2ccc(Cl)cc2)S(C)(=O)=O)cc1. The molecule has 0 unspecified atom stereocenters. The monoisotopic (exact) mass is 409 g/mol. The second-order valence-electron chi connectivity index (χ2n) is 5.72. The van der Waals surface area contributed by atoms with Crippen molar-refractivity contribution in [1.29, 1.82) is 0 Å². The van der Waals surface area contributed by atoms with Gasteiger partial charge >= 0.3 is 0 Å². The molecule has 0 radical (unpaired) electrons. The summed E-state index contributed by atoms with van der Waals surface area (Å²) < 4.78 is 30.5. The number of hydrazone groups is 1. The van der Waals surface area contributed by atoms with Crippen LogP contribution in [-0.2, 0) is 14.8 Å². The quantitative estimate of drug-likeness (QED) is 0.562. The van der Waals surface area contributed by atoms with Gasteiger partial charge < -0.3 is 4.74 Å². The number of carbonyl (C=O) groups excluding carboxylic acids is 1. The van der Waals surface area contributed by atoms with Crippen LogP contribution in [0.4, 0.5) is 5.69 Å². The van der Waals surface area contributed by atoms with E-state index in [-0.39, 0.29) is 0 Å². The highest BCUT2D eigenvalue weighted by atomic mass is 35.5. The van der Waals surface area contributed by atoms with Crippen LogP contribution in [0, 0.1) is 0 Å². The van der Waals surface area contributed by atoms with Crippen molar-refractivity contribution in [3.05, 3.63) is 59.1 Å². The molecule has 27 heavy (non-hydrogen) atoms. The van der Waals surface area contributed by atoms with E-state index >= 15 is 0 Å². The Bertz CT molecular complexity index is 913. The first-order chi connectivity index (χ1) is 12.7. The molecule has 144 valence electrons. The van der Waals surface area contributed by atoms with E-state index in [9.17, 15) is 13.2 Å². The normalized spacial score (nSPS) is 12.6. The Hall–Kier alpha value is -2.58. The number of methoxy groups -OCH3 is 1. The molecule has 2 aromatic rings. The van der Waals surface area contributed by atoms with Gasteiger partial charge in [0.2, 0.25) is 10.0 Å². The molecule has 0 aromatic heterocycles. The lowest BCUT2D eigenvalue weighted by molar-refractivity contribution is -0.121. The fourth-order valence-electron chi connectivity index (χ4n) is 2.35. The van der Waals surface area contributed by atoms with Crippen LogP contribution >= 0.6 is 11.6 Å². The van der Waals surface area contributed by atoms with E-state index in [1.807, 2.05) is 0 Å². The number of hydrogen-bond donors (Lipinski definition) is 1. The van der Waals surface area contributed by atoms with Gasteiger partial charge in [-0.3, -0.25) is 9.10 Å². The molecule has 0 aliphatic rings. The summed E-state index contributed by atoms with van der Waals surface area (Å²) in [6.45, 7) is 1.48. The van der Waals surface area contributed by atoms with Crippen LogP contribution in [0.5, 0.6) is 5.75 Å².